The van der Waals surface area contributed by atoms with Gasteiger partial charge in [-0.3, -0.25) is 14.9 Å². The van der Waals surface area contributed by atoms with Crippen molar-refractivity contribution in [3.63, 3.8) is 0 Å². The number of rotatable bonds is 2. The fourth-order valence-electron chi connectivity index (χ4n) is 2.94. The van der Waals surface area contributed by atoms with Crippen molar-refractivity contribution >= 4 is 11.6 Å². The Morgan fingerprint density at radius 2 is 2.00 bits per heavy atom. The van der Waals surface area contributed by atoms with Crippen LogP contribution in [0.15, 0.2) is 55.0 Å². The van der Waals surface area contributed by atoms with Gasteiger partial charge >= 0.3 is 0 Å². The predicted molar refractivity (Wildman–Crippen MR) is 86.9 cm³/mol. The molecule has 0 bridgehead atoms. The lowest BCUT2D eigenvalue weighted by Crippen LogP contribution is -2.44. The van der Waals surface area contributed by atoms with Crippen LogP contribution in [0.5, 0.6) is 0 Å². The summed E-state index contributed by atoms with van der Waals surface area (Å²) in [6, 6.07) is 11.4. The van der Waals surface area contributed by atoms with E-state index in [2.05, 4.69) is 20.5 Å². The van der Waals surface area contributed by atoms with Crippen molar-refractivity contribution in [3.05, 3.63) is 66.1 Å². The van der Waals surface area contributed by atoms with Crippen molar-refractivity contribution in [2.75, 3.05) is 11.9 Å². The van der Waals surface area contributed by atoms with Crippen molar-refractivity contribution in [3.8, 4) is 11.3 Å². The van der Waals surface area contributed by atoms with Crippen molar-refractivity contribution in [2.45, 2.75) is 6.17 Å². The predicted octanol–water partition coefficient (Wildman–Crippen LogP) is 2.35. The smallest absolute Gasteiger partial charge is 0.255 e. The van der Waals surface area contributed by atoms with Crippen molar-refractivity contribution in [1.82, 2.24) is 20.5 Å². The number of aromatic nitrogens is 3. The van der Waals surface area contributed by atoms with Gasteiger partial charge in [0.1, 0.15) is 6.17 Å². The Balaban J connectivity index is 1.79. The van der Waals surface area contributed by atoms with Crippen LogP contribution in [-0.4, -0.2) is 28.1 Å². The monoisotopic (exact) mass is 305 g/mol. The molecular weight excluding hydrogens is 290 g/mol. The molecule has 1 aromatic carbocycles. The van der Waals surface area contributed by atoms with Crippen molar-refractivity contribution < 1.29 is 4.79 Å². The third-order valence-electron chi connectivity index (χ3n) is 4.10. The Labute approximate surface area is 133 Å². The number of pyridine rings is 1. The largest absolute Gasteiger partial charge is 0.350 e. The molecule has 0 saturated carbocycles. The van der Waals surface area contributed by atoms with Gasteiger partial charge in [-0.1, -0.05) is 12.1 Å². The Morgan fingerprint density at radius 3 is 2.83 bits per heavy atom. The maximum atomic E-state index is 12.4. The van der Waals surface area contributed by atoms with Gasteiger partial charge in [-0.25, -0.2) is 0 Å². The van der Waals surface area contributed by atoms with Gasteiger partial charge in [0.15, 0.2) is 0 Å². The maximum Gasteiger partial charge on any atom is 0.255 e. The SMILES string of the molecule is CN1c2ccccc2C(=O)N[C@@H]1c1cn[nH]c1-c1cccnc1. The van der Waals surface area contributed by atoms with Gasteiger partial charge in [0.25, 0.3) is 5.91 Å². The molecule has 0 unspecified atom stereocenters. The van der Waals surface area contributed by atoms with Crippen LogP contribution in [0.3, 0.4) is 0 Å². The highest BCUT2D eigenvalue weighted by Crippen LogP contribution is 2.34. The second-order valence-electron chi connectivity index (χ2n) is 5.45. The minimum Gasteiger partial charge on any atom is -0.350 e. The molecule has 1 atom stereocenters. The molecule has 4 rings (SSSR count). The third kappa shape index (κ3) is 2.15. The van der Waals surface area contributed by atoms with E-state index in [0.717, 1.165) is 22.5 Å². The number of benzene rings is 1. The number of aromatic amines is 1. The maximum absolute atomic E-state index is 12.4. The lowest BCUT2D eigenvalue weighted by Gasteiger charge is -2.36. The first kappa shape index (κ1) is 13.5. The summed E-state index contributed by atoms with van der Waals surface area (Å²) in [6.07, 6.45) is 4.96. The van der Waals surface area contributed by atoms with Crippen LogP contribution in [0.25, 0.3) is 11.3 Å². The van der Waals surface area contributed by atoms with Gasteiger partial charge in [0.2, 0.25) is 0 Å². The fraction of sp³-hybridized carbons (Fsp3) is 0.118. The topological polar surface area (TPSA) is 73.9 Å². The molecular formula is C17H15N5O. The molecule has 0 radical (unpaired) electrons. The summed E-state index contributed by atoms with van der Waals surface area (Å²) >= 11 is 0. The van der Waals surface area contributed by atoms with Crippen LogP contribution in [0, 0.1) is 0 Å². The van der Waals surface area contributed by atoms with Crippen LogP contribution in [-0.2, 0) is 0 Å². The molecule has 3 aromatic rings. The van der Waals surface area contributed by atoms with E-state index < -0.39 is 0 Å². The average Bonchev–Trinajstić information content (AvgIpc) is 3.08. The quantitative estimate of drug-likeness (QED) is 0.762. The number of carbonyl (C=O) groups excluding carboxylic acids is 1. The number of carbonyl (C=O) groups is 1. The van der Waals surface area contributed by atoms with Gasteiger partial charge < -0.3 is 10.2 Å². The van der Waals surface area contributed by atoms with E-state index >= 15 is 0 Å². The molecule has 23 heavy (non-hydrogen) atoms. The zero-order chi connectivity index (χ0) is 15.8. The van der Waals surface area contributed by atoms with E-state index in [1.165, 1.54) is 0 Å². The molecule has 2 aromatic heterocycles. The normalized spacial score (nSPS) is 16.8. The summed E-state index contributed by atoms with van der Waals surface area (Å²) in [5.41, 5.74) is 4.27. The molecule has 2 N–H and O–H groups in total. The minimum atomic E-state index is -0.286. The molecule has 0 aliphatic carbocycles. The Bertz CT molecular complexity index is 858. The van der Waals surface area contributed by atoms with E-state index in [1.54, 1.807) is 18.6 Å². The van der Waals surface area contributed by atoms with Gasteiger partial charge in [0.05, 0.1) is 23.1 Å². The molecule has 1 aliphatic heterocycles. The number of para-hydroxylation sites is 1. The van der Waals surface area contributed by atoms with Crippen LogP contribution in [0.4, 0.5) is 5.69 Å². The molecule has 1 amide bonds. The molecule has 0 spiro atoms. The zero-order valence-corrected chi connectivity index (χ0v) is 12.5. The third-order valence-corrected chi connectivity index (χ3v) is 4.10. The summed E-state index contributed by atoms with van der Waals surface area (Å²) < 4.78 is 0. The van der Waals surface area contributed by atoms with Crippen LogP contribution >= 0.6 is 0 Å². The number of hydrogen-bond donors (Lipinski definition) is 2. The number of nitrogens with zero attached hydrogens (tertiary/aromatic N) is 3. The Hall–Kier alpha value is -3.15. The number of anilines is 1. The number of fused-ring (bicyclic) bond motifs is 1. The minimum absolute atomic E-state index is 0.0814. The molecule has 0 saturated heterocycles. The standard InChI is InChI=1S/C17H15N5O/c1-22-14-7-3-2-6-12(14)17(23)20-16(22)13-10-19-21-15(13)11-5-4-8-18-9-11/h2-10,16H,1H3,(H,19,21)(H,20,23)/t16-/m0/s1. The number of nitrogens with one attached hydrogen (secondary N) is 2. The van der Waals surface area contributed by atoms with Crippen LogP contribution in [0.1, 0.15) is 22.1 Å². The Kier molecular flexibility index (Phi) is 3.08. The summed E-state index contributed by atoms with van der Waals surface area (Å²) in [6.45, 7) is 0. The van der Waals surface area contributed by atoms with Gasteiger partial charge in [-0.05, 0) is 24.3 Å². The molecule has 0 fully saturated rings. The highest BCUT2D eigenvalue weighted by atomic mass is 16.2. The molecule has 1 aliphatic rings. The lowest BCUT2D eigenvalue weighted by atomic mass is 10.0. The summed E-state index contributed by atoms with van der Waals surface area (Å²) in [7, 11) is 1.96. The van der Waals surface area contributed by atoms with Crippen molar-refractivity contribution in [1.29, 1.82) is 0 Å². The first-order chi connectivity index (χ1) is 11.3. The van der Waals surface area contributed by atoms with E-state index in [-0.39, 0.29) is 12.1 Å². The zero-order valence-electron chi connectivity index (χ0n) is 12.5. The molecule has 6 heteroatoms. The van der Waals surface area contributed by atoms with Gasteiger partial charge in [-0.15, -0.1) is 0 Å². The van der Waals surface area contributed by atoms with Crippen LogP contribution < -0.4 is 10.2 Å². The molecule has 3 heterocycles. The van der Waals surface area contributed by atoms with E-state index in [1.807, 2.05) is 48.3 Å². The van der Waals surface area contributed by atoms with Gasteiger partial charge in [0, 0.05) is 30.6 Å². The van der Waals surface area contributed by atoms with Crippen molar-refractivity contribution in [2.24, 2.45) is 0 Å². The fourth-order valence-corrected chi connectivity index (χ4v) is 2.94. The summed E-state index contributed by atoms with van der Waals surface area (Å²) in [5, 5.41) is 10.2. The van der Waals surface area contributed by atoms with E-state index in [0.29, 0.717) is 5.56 Å². The number of H-pyrrole nitrogens is 1. The van der Waals surface area contributed by atoms with E-state index in [4.69, 9.17) is 0 Å². The van der Waals surface area contributed by atoms with Gasteiger partial charge in [-0.2, -0.15) is 5.10 Å². The molecule has 114 valence electrons. The average molecular weight is 305 g/mol. The first-order valence-corrected chi connectivity index (χ1v) is 7.32. The number of hydrogen-bond acceptors (Lipinski definition) is 4. The number of amides is 1. The highest BCUT2D eigenvalue weighted by molar-refractivity contribution is 6.02. The second kappa shape index (κ2) is 5.24. The highest BCUT2D eigenvalue weighted by Gasteiger charge is 2.31. The summed E-state index contributed by atoms with van der Waals surface area (Å²) in [5.74, 6) is -0.0814. The lowest BCUT2D eigenvalue weighted by molar-refractivity contribution is 0.0928. The summed E-state index contributed by atoms with van der Waals surface area (Å²) in [4.78, 5) is 18.6. The molecule has 6 nitrogen and oxygen atoms in total. The Morgan fingerprint density at radius 1 is 1.13 bits per heavy atom. The second-order valence-corrected chi connectivity index (χ2v) is 5.45. The first-order valence-electron chi connectivity index (χ1n) is 7.32. The van der Waals surface area contributed by atoms with E-state index in [9.17, 15) is 4.79 Å². The van der Waals surface area contributed by atoms with Crippen LogP contribution in [0.2, 0.25) is 0 Å².